The molecule has 0 saturated carbocycles. The Morgan fingerprint density at radius 1 is 1.07 bits per heavy atom. The number of anilines is 1. The van der Waals surface area contributed by atoms with Crippen molar-refractivity contribution in [2.24, 2.45) is 0 Å². The zero-order valence-electron chi connectivity index (χ0n) is 16.6. The van der Waals surface area contributed by atoms with Crippen LogP contribution in [0.1, 0.15) is 43.7 Å². The van der Waals surface area contributed by atoms with E-state index in [0.29, 0.717) is 18.3 Å². The first kappa shape index (κ1) is 21.2. The Morgan fingerprint density at radius 3 is 2.62 bits per heavy atom. The van der Waals surface area contributed by atoms with Crippen molar-refractivity contribution in [3.8, 4) is 0 Å². The van der Waals surface area contributed by atoms with Gasteiger partial charge < -0.3 is 10.2 Å². The molecular formula is C22H28F2N4O. The predicted octanol–water partition coefficient (Wildman–Crippen LogP) is 4.60. The van der Waals surface area contributed by atoms with E-state index in [1.807, 2.05) is 6.07 Å². The molecule has 0 bridgehead atoms. The molecule has 0 spiro atoms. The van der Waals surface area contributed by atoms with Gasteiger partial charge >= 0.3 is 6.03 Å². The van der Waals surface area contributed by atoms with Crippen molar-refractivity contribution in [1.29, 1.82) is 0 Å². The van der Waals surface area contributed by atoms with Gasteiger partial charge in [0.1, 0.15) is 11.6 Å². The van der Waals surface area contributed by atoms with Crippen molar-refractivity contribution in [1.82, 2.24) is 15.8 Å². The lowest BCUT2D eigenvalue weighted by Gasteiger charge is -2.18. The van der Waals surface area contributed by atoms with Crippen LogP contribution in [0.25, 0.3) is 0 Å². The van der Waals surface area contributed by atoms with Crippen LogP contribution in [0.4, 0.5) is 19.3 Å². The Balaban J connectivity index is 1.29. The molecule has 3 N–H and O–H groups in total. The fraction of sp³-hybridized carbons (Fsp3) is 0.409. The molecule has 0 aromatic heterocycles. The Labute approximate surface area is 170 Å². The first-order chi connectivity index (χ1) is 14.0. The number of unbranched alkanes of at least 4 members (excludes halogenated alkanes) is 2. The molecule has 2 atom stereocenters. The van der Waals surface area contributed by atoms with Gasteiger partial charge in [0.05, 0.1) is 0 Å². The SMILES string of the molecule is CN(CCCCCC1CC(c2cccc(F)c2)NN1)C(=O)Nc1ccc(F)cc1. The molecule has 2 unspecified atom stereocenters. The van der Waals surface area contributed by atoms with Crippen LogP contribution in [0.3, 0.4) is 0 Å². The van der Waals surface area contributed by atoms with Crippen molar-refractivity contribution >= 4 is 11.7 Å². The van der Waals surface area contributed by atoms with Gasteiger partial charge in [-0.1, -0.05) is 25.0 Å². The summed E-state index contributed by atoms with van der Waals surface area (Å²) in [6, 6.07) is 12.7. The number of carbonyl (C=O) groups is 1. The summed E-state index contributed by atoms with van der Waals surface area (Å²) in [4.78, 5) is 13.8. The number of hydrogen-bond acceptors (Lipinski definition) is 3. The second-order valence-electron chi connectivity index (χ2n) is 7.54. The summed E-state index contributed by atoms with van der Waals surface area (Å²) in [5, 5.41) is 2.75. The molecule has 1 saturated heterocycles. The number of benzene rings is 2. The van der Waals surface area contributed by atoms with Gasteiger partial charge in [-0.05, 0) is 61.2 Å². The topological polar surface area (TPSA) is 56.4 Å². The van der Waals surface area contributed by atoms with Crippen molar-refractivity contribution in [2.75, 3.05) is 18.9 Å². The number of nitrogens with zero attached hydrogens (tertiary/aromatic N) is 1. The van der Waals surface area contributed by atoms with E-state index >= 15 is 0 Å². The Bertz CT molecular complexity index is 800. The lowest BCUT2D eigenvalue weighted by atomic mass is 9.99. The van der Waals surface area contributed by atoms with Crippen LogP contribution < -0.4 is 16.2 Å². The monoisotopic (exact) mass is 402 g/mol. The minimum atomic E-state index is -0.328. The van der Waals surface area contributed by atoms with E-state index in [0.717, 1.165) is 37.7 Å². The summed E-state index contributed by atoms with van der Waals surface area (Å²) >= 11 is 0. The van der Waals surface area contributed by atoms with Gasteiger partial charge in [-0.2, -0.15) is 0 Å². The molecule has 0 radical (unpaired) electrons. The van der Waals surface area contributed by atoms with Crippen LogP contribution in [0.5, 0.6) is 0 Å². The Kier molecular flexibility index (Phi) is 7.55. The number of nitrogens with one attached hydrogen (secondary N) is 3. The summed E-state index contributed by atoms with van der Waals surface area (Å²) in [7, 11) is 1.75. The largest absolute Gasteiger partial charge is 0.328 e. The van der Waals surface area contributed by atoms with Gasteiger partial charge in [0.25, 0.3) is 0 Å². The number of hydrazine groups is 1. The van der Waals surface area contributed by atoms with Crippen LogP contribution in [0, 0.1) is 11.6 Å². The highest BCUT2D eigenvalue weighted by Crippen LogP contribution is 2.25. The highest BCUT2D eigenvalue weighted by Gasteiger charge is 2.24. The molecule has 2 amide bonds. The summed E-state index contributed by atoms with van der Waals surface area (Å²) in [5.41, 5.74) is 8.10. The summed E-state index contributed by atoms with van der Waals surface area (Å²) in [6.07, 6.45) is 4.97. The van der Waals surface area contributed by atoms with Crippen molar-refractivity contribution < 1.29 is 13.6 Å². The number of rotatable bonds is 8. The molecule has 156 valence electrons. The van der Waals surface area contributed by atoms with Crippen LogP contribution >= 0.6 is 0 Å². The molecule has 1 aliphatic rings. The van der Waals surface area contributed by atoms with Gasteiger partial charge in [0.15, 0.2) is 0 Å². The average Bonchev–Trinajstić information content (AvgIpc) is 3.18. The zero-order chi connectivity index (χ0) is 20.6. The van der Waals surface area contributed by atoms with E-state index < -0.39 is 0 Å². The molecule has 5 nitrogen and oxygen atoms in total. The lowest BCUT2D eigenvalue weighted by molar-refractivity contribution is 0.221. The van der Waals surface area contributed by atoms with Gasteiger partial charge in [-0.15, -0.1) is 0 Å². The normalized spacial score (nSPS) is 18.6. The van der Waals surface area contributed by atoms with Crippen molar-refractivity contribution in [3.63, 3.8) is 0 Å². The molecule has 1 heterocycles. The highest BCUT2D eigenvalue weighted by atomic mass is 19.1. The van der Waals surface area contributed by atoms with E-state index in [-0.39, 0.29) is 23.7 Å². The summed E-state index contributed by atoms with van der Waals surface area (Å²) in [5.74, 6) is -0.536. The van der Waals surface area contributed by atoms with Crippen molar-refractivity contribution in [3.05, 3.63) is 65.7 Å². The van der Waals surface area contributed by atoms with Crippen LogP contribution in [0.15, 0.2) is 48.5 Å². The van der Waals surface area contributed by atoms with E-state index in [1.54, 1.807) is 36.2 Å². The quantitative estimate of drug-likeness (QED) is 0.566. The number of halogens is 2. The third kappa shape index (κ3) is 6.51. The molecule has 29 heavy (non-hydrogen) atoms. The molecule has 7 heteroatoms. The third-order valence-electron chi connectivity index (χ3n) is 5.22. The van der Waals surface area contributed by atoms with E-state index in [4.69, 9.17) is 0 Å². The fourth-order valence-electron chi connectivity index (χ4n) is 3.52. The van der Waals surface area contributed by atoms with Gasteiger partial charge in [0.2, 0.25) is 0 Å². The maximum atomic E-state index is 13.4. The second-order valence-corrected chi connectivity index (χ2v) is 7.54. The number of carbonyl (C=O) groups excluding carboxylic acids is 1. The molecule has 1 aliphatic heterocycles. The number of urea groups is 1. The first-order valence-electron chi connectivity index (χ1n) is 10.1. The van der Waals surface area contributed by atoms with Gasteiger partial charge in [-0.25, -0.2) is 13.6 Å². The predicted molar refractivity (Wildman–Crippen MR) is 110 cm³/mol. The Morgan fingerprint density at radius 2 is 1.86 bits per heavy atom. The fourth-order valence-corrected chi connectivity index (χ4v) is 3.52. The van der Waals surface area contributed by atoms with Crippen LogP contribution in [-0.2, 0) is 0 Å². The van der Waals surface area contributed by atoms with Gasteiger partial charge in [-0.3, -0.25) is 10.9 Å². The second kappa shape index (κ2) is 10.3. The molecule has 1 fully saturated rings. The molecule has 2 aromatic rings. The maximum absolute atomic E-state index is 13.4. The van der Waals surface area contributed by atoms with Crippen LogP contribution in [-0.4, -0.2) is 30.6 Å². The van der Waals surface area contributed by atoms with Crippen molar-refractivity contribution in [2.45, 2.75) is 44.2 Å². The molecule has 2 aromatic carbocycles. The first-order valence-corrected chi connectivity index (χ1v) is 10.1. The molecule has 3 rings (SSSR count). The smallest absolute Gasteiger partial charge is 0.321 e. The molecule has 0 aliphatic carbocycles. The summed E-state index contributed by atoms with van der Waals surface area (Å²) in [6.45, 7) is 0.662. The average molecular weight is 402 g/mol. The zero-order valence-corrected chi connectivity index (χ0v) is 16.6. The number of hydrogen-bond donors (Lipinski definition) is 3. The standard InChI is InChI=1S/C22H28F2N4O/c1-28(22(29)25-19-11-9-17(23)10-12-19)13-4-2-3-8-20-15-21(27-26-20)16-6-5-7-18(24)14-16/h5-7,9-12,14,20-21,26-27H,2-4,8,13,15H2,1H3,(H,25,29). The molecular weight excluding hydrogens is 374 g/mol. The highest BCUT2D eigenvalue weighted by molar-refractivity contribution is 5.89. The minimum absolute atomic E-state index is 0.136. The summed E-state index contributed by atoms with van der Waals surface area (Å²) < 4.78 is 26.3. The minimum Gasteiger partial charge on any atom is -0.328 e. The number of amides is 2. The third-order valence-corrected chi connectivity index (χ3v) is 5.22. The lowest BCUT2D eigenvalue weighted by Crippen LogP contribution is -2.32. The van der Waals surface area contributed by atoms with Crippen LogP contribution in [0.2, 0.25) is 0 Å². The van der Waals surface area contributed by atoms with E-state index in [9.17, 15) is 13.6 Å². The maximum Gasteiger partial charge on any atom is 0.321 e. The Hall–Kier alpha value is -2.51. The van der Waals surface area contributed by atoms with E-state index in [2.05, 4.69) is 16.2 Å². The van der Waals surface area contributed by atoms with Gasteiger partial charge in [0, 0.05) is 31.4 Å². The van der Waals surface area contributed by atoms with E-state index in [1.165, 1.54) is 18.2 Å².